The van der Waals surface area contributed by atoms with Crippen LogP contribution in [0.5, 0.6) is 0 Å². The third kappa shape index (κ3) is 2.76. The molecule has 2 aliphatic carbocycles. The first-order valence-corrected chi connectivity index (χ1v) is 5.96. The van der Waals surface area contributed by atoms with Crippen molar-refractivity contribution in [2.75, 3.05) is 7.11 Å². The van der Waals surface area contributed by atoms with Crippen LogP contribution in [-0.2, 0) is 9.53 Å². The number of hydrogen-bond donors (Lipinski definition) is 0. The lowest BCUT2D eigenvalue weighted by atomic mass is 9.72. The molecule has 2 aliphatic rings. The van der Waals surface area contributed by atoms with E-state index in [1.807, 2.05) is 0 Å². The molecule has 0 aromatic heterocycles. The number of Topliss-reactive ketones (excluding diaryl/α,β-unsaturated/α-hetero) is 1. The number of ether oxygens (including phenoxy) is 1. The summed E-state index contributed by atoms with van der Waals surface area (Å²) in [5.41, 5.74) is 0.538. The Labute approximate surface area is 103 Å². The molecule has 2 unspecified atom stereocenters. The smallest absolute Gasteiger partial charge is 0.389 e. The second-order valence-corrected chi connectivity index (χ2v) is 4.82. The highest BCUT2D eigenvalue weighted by Gasteiger charge is 2.41. The van der Waals surface area contributed by atoms with Crippen molar-refractivity contribution >= 4 is 5.78 Å². The van der Waals surface area contributed by atoms with E-state index >= 15 is 0 Å². The van der Waals surface area contributed by atoms with Gasteiger partial charge >= 0.3 is 6.18 Å². The minimum Gasteiger partial charge on any atom is -0.501 e. The molecule has 0 aromatic carbocycles. The Kier molecular flexibility index (Phi) is 3.50. The highest BCUT2D eigenvalue weighted by Crippen LogP contribution is 2.40. The summed E-state index contributed by atoms with van der Waals surface area (Å²) < 4.78 is 42.2. The number of alkyl halides is 3. The van der Waals surface area contributed by atoms with Gasteiger partial charge in [-0.3, -0.25) is 4.79 Å². The molecule has 100 valence electrons. The van der Waals surface area contributed by atoms with E-state index < -0.39 is 18.5 Å². The summed E-state index contributed by atoms with van der Waals surface area (Å²) in [5, 5.41) is 0. The molecule has 0 spiro atoms. The normalized spacial score (nSPS) is 28.3. The SMILES string of the molecule is COC1=CC=C2C(=O)C(CC(F)(F)F)CCC2C1. The van der Waals surface area contributed by atoms with Crippen LogP contribution >= 0.6 is 0 Å². The zero-order valence-corrected chi connectivity index (χ0v) is 10.1. The lowest BCUT2D eigenvalue weighted by molar-refractivity contribution is -0.153. The van der Waals surface area contributed by atoms with E-state index in [4.69, 9.17) is 4.74 Å². The van der Waals surface area contributed by atoms with E-state index in [1.165, 1.54) is 0 Å². The van der Waals surface area contributed by atoms with Crippen molar-refractivity contribution in [1.82, 2.24) is 0 Å². The van der Waals surface area contributed by atoms with Gasteiger partial charge in [0.25, 0.3) is 0 Å². The quantitative estimate of drug-likeness (QED) is 0.760. The van der Waals surface area contributed by atoms with Gasteiger partial charge in [0.1, 0.15) is 0 Å². The lowest BCUT2D eigenvalue weighted by Gasteiger charge is -2.32. The summed E-state index contributed by atoms with van der Waals surface area (Å²) >= 11 is 0. The molecule has 0 aliphatic heterocycles. The van der Waals surface area contributed by atoms with E-state index in [0.717, 1.165) is 5.76 Å². The summed E-state index contributed by atoms with van der Waals surface area (Å²) in [6.45, 7) is 0. The molecule has 2 rings (SSSR count). The van der Waals surface area contributed by atoms with Crippen molar-refractivity contribution in [2.45, 2.75) is 31.9 Å². The van der Waals surface area contributed by atoms with Gasteiger partial charge < -0.3 is 4.74 Å². The van der Waals surface area contributed by atoms with E-state index in [0.29, 0.717) is 24.8 Å². The average Bonchev–Trinajstić information content (AvgIpc) is 2.31. The molecule has 0 aromatic rings. The minimum absolute atomic E-state index is 0.0296. The molecule has 0 N–H and O–H groups in total. The van der Waals surface area contributed by atoms with Gasteiger partial charge in [-0.2, -0.15) is 13.2 Å². The fourth-order valence-electron chi connectivity index (χ4n) is 2.68. The van der Waals surface area contributed by atoms with Crippen LogP contribution in [0.15, 0.2) is 23.5 Å². The first-order valence-electron chi connectivity index (χ1n) is 5.96. The van der Waals surface area contributed by atoms with Crippen molar-refractivity contribution in [3.63, 3.8) is 0 Å². The molecular formula is C13H15F3O2. The van der Waals surface area contributed by atoms with Crippen LogP contribution in [0.1, 0.15) is 25.7 Å². The zero-order chi connectivity index (χ0) is 13.3. The Morgan fingerprint density at radius 3 is 2.67 bits per heavy atom. The second-order valence-electron chi connectivity index (χ2n) is 4.82. The van der Waals surface area contributed by atoms with Crippen LogP contribution in [0, 0.1) is 11.8 Å². The first-order chi connectivity index (χ1) is 8.40. The van der Waals surface area contributed by atoms with E-state index in [-0.39, 0.29) is 11.7 Å². The van der Waals surface area contributed by atoms with Crippen LogP contribution < -0.4 is 0 Å². The molecule has 1 saturated carbocycles. The standard InChI is InChI=1S/C13H15F3O2/c1-18-10-4-5-11-8(6-10)2-3-9(12(11)17)7-13(14,15)16/h4-5,8-9H,2-3,6-7H2,1H3. The summed E-state index contributed by atoms with van der Waals surface area (Å²) in [6.07, 6.45) is -0.409. The number of allylic oxidation sites excluding steroid dienone is 4. The molecule has 1 fully saturated rings. The van der Waals surface area contributed by atoms with Crippen LogP contribution in [0.3, 0.4) is 0 Å². The molecule has 0 radical (unpaired) electrons. The van der Waals surface area contributed by atoms with Gasteiger partial charge in [-0.15, -0.1) is 0 Å². The van der Waals surface area contributed by atoms with Crippen molar-refractivity contribution in [2.24, 2.45) is 11.8 Å². The van der Waals surface area contributed by atoms with Gasteiger partial charge in [0.2, 0.25) is 0 Å². The van der Waals surface area contributed by atoms with Gasteiger partial charge in [0.05, 0.1) is 19.3 Å². The molecule has 5 heteroatoms. The summed E-state index contributed by atoms with van der Waals surface area (Å²) in [4.78, 5) is 12.0. The Bertz CT molecular complexity index is 407. The number of carbonyl (C=O) groups excluding carboxylic acids is 1. The largest absolute Gasteiger partial charge is 0.501 e. The van der Waals surface area contributed by atoms with Gasteiger partial charge in [0.15, 0.2) is 5.78 Å². The molecular weight excluding hydrogens is 245 g/mol. The maximum atomic E-state index is 12.4. The summed E-state index contributed by atoms with van der Waals surface area (Å²) in [7, 11) is 1.56. The molecule has 0 bridgehead atoms. The summed E-state index contributed by atoms with van der Waals surface area (Å²) in [6, 6.07) is 0. The van der Waals surface area contributed by atoms with Crippen LogP contribution in [0.2, 0.25) is 0 Å². The maximum absolute atomic E-state index is 12.4. The van der Waals surface area contributed by atoms with Crippen LogP contribution in [0.25, 0.3) is 0 Å². The fraction of sp³-hybridized carbons (Fsp3) is 0.615. The van der Waals surface area contributed by atoms with E-state index in [2.05, 4.69) is 0 Å². The number of ketones is 1. The van der Waals surface area contributed by atoms with Gasteiger partial charge in [-0.25, -0.2) is 0 Å². The predicted molar refractivity (Wildman–Crippen MR) is 59.7 cm³/mol. The highest BCUT2D eigenvalue weighted by atomic mass is 19.4. The molecule has 2 atom stereocenters. The molecule has 0 amide bonds. The Hall–Kier alpha value is -1.26. The number of carbonyl (C=O) groups is 1. The average molecular weight is 260 g/mol. The number of halogens is 3. The Balaban J connectivity index is 2.13. The minimum atomic E-state index is -4.27. The molecule has 0 saturated heterocycles. The first kappa shape index (κ1) is 13.2. The summed E-state index contributed by atoms with van der Waals surface area (Å²) in [5.74, 6) is -0.423. The van der Waals surface area contributed by atoms with Crippen molar-refractivity contribution < 1.29 is 22.7 Å². The van der Waals surface area contributed by atoms with Gasteiger partial charge in [0, 0.05) is 12.3 Å². The number of fused-ring (bicyclic) bond motifs is 1. The van der Waals surface area contributed by atoms with E-state index in [1.54, 1.807) is 19.3 Å². The maximum Gasteiger partial charge on any atom is 0.389 e. The van der Waals surface area contributed by atoms with Crippen molar-refractivity contribution in [1.29, 1.82) is 0 Å². The van der Waals surface area contributed by atoms with Gasteiger partial charge in [-0.1, -0.05) is 6.08 Å². The Morgan fingerprint density at radius 2 is 2.06 bits per heavy atom. The van der Waals surface area contributed by atoms with Crippen LogP contribution in [-0.4, -0.2) is 19.1 Å². The number of rotatable bonds is 2. The van der Waals surface area contributed by atoms with Crippen LogP contribution in [0.4, 0.5) is 13.2 Å². The third-order valence-corrected chi connectivity index (χ3v) is 3.60. The zero-order valence-electron chi connectivity index (χ0n) is 10.1. The third-order valence-electron chi connectivity index (χ3n) is 3.60. The highest BCUT2D eigenvalue weighted by molar-refractivity contribution is 5.99. The van der Waals surface area contributed by atoms with E-state index in [9.17, 15) is 18.0 Å². The molecule has 18 heavy (non-hydrogen) atoms. The van der Waals surface area contributed by atoms with Crippen molar-refractivity contribution in [3.8, 4) is 0 Å². The predicted octanol–water partition coefficient (Wildman–Crippen LogP) is 3.39. The topological polar surface area (TPSA) is 26.3 Å². The number of hydrogen-bond acceptors (Lipinski definition) is 2. The lowest BCUT2D eigenvalue weighted by Crippen LogP contribution is -2.32. The molecule has 2 nitrogen and oxygen atoms in total. The van der Waals surface area contributed by atoms with Gasteiger partial charge in [-0.05, 0) is 30.4 Å². The second kappa shape index (κ2) is 4.78. The number of methoxy groups -OCH3 is 1. The Morgan fingerprint density at radius 1 is 1.33 bits per heavy atom. The molecule has 0 heterocycles. The fourth-order valence-corrected chi connectivity index (χ4v) is 2.68. The monoisotopic (exact) mass is 260 g/mol. The van der Waals surface area contributed by atoms with Crippen molar-refractivity contribution in [3.05, 3.63) is 23.5 Å².